The van der Waals surface area contributed by atoms with Gasteiger partial charge in [-0.05, 0) is 36.2 Å². The maximum Gasteiger partial charge on any atom is 0.416 e. The van der Waals surface area contributed by atoms with E-state index >= 15 is 0 Å². The van der Waals surface area contributed by atoms with Gasteiger partial charge in [0, 0.05) is 11.5 Å². The zero-order chi connectivity index (χ0) is 23.8. The Hall–Kier alpha value is -3.82. The van der Waals surface area contributed by atoms with Gasteiger partial charge in [-0.2, -0.15) is 23.1 Å². The first-order valence-corrected chi connectivity index (χ1v) is 10.2. The second-order valence-corrected chi connectivity index (χ2v) is 7.83. The number of aliphatic carboxylic acids is 1. The summed E-state index contributed by atoms with van der Waals surface area (Å²) in [5, 5.41) is 19.0. The first kappa shape index (κ1) is 22.4. The van der Waals surface area contributed by atoms with Gasteiger partial charge in [-0.1, -0.05) is 32.0 Å². The number of halogens is 3. The van der Waals surface area contributed by atoms with E-state index < -0.39 is 17.7 Å². The molecule has 0 saturated carbocycles. The number of ether oxygens (including phenoxy) is 1. The number of hydrogen-bond acceptors (Lipinski definition) is 4. The fourth-order valence-electron chi connectivity index (χ4n) is 3.54. The Balaban J connectivity index is 1.63. The van der Waals surface area contributed by atoms with Crippen LogP contribution in [0.1, 0.15) is 36.7 Å². The monoisotopic (exact) mass is 458 g/mol. The summed E-state index contributed by atoms with van der Waals surface area (Å²) < 4.78 is 46.1. The van der Waals surface area contributed by atoms with Crippen molar-refractivity contribution in [2.24, 2.45) is 0 Å². The number of benzene rings is 2. The summed E-state index contributed by atoms with van der Waals surface area (Å²) >= 11 is 0. The van der Waals surface area contributed by atoms with Crippen molar-refractivity contribution in [3.05, 3.63) is 71.5 Å². The molecule has 0 fully saturated rings. The van der Waals surface area contributed by atoms with Crippen molar-refractivity contribution in [3.8, 4) is 11.6 Å². The molecule has 4 rings (SSSR count). The first-order valence-electron chi connectivity index (χ1n) is 10.2. The number of carbonyl (C=O) groups is 1. The minimum atomic E-state index is -4.42. The quantitative estimate of drug-likeness (QED) is 0.420. The summed E-state index contributed by atoms with van der Waals surface area (Å²) in [5.41, 5.74) is 1.51. The first-order chi connectivity index (χ1) is 15.6. The largest absolute Gasteiger partial charge is 0.480 e. The number of nitrogens with zero attached hydrogens (tertiary/aromatic N) is 4. The molecule has 1 N–H and O–H groups in total. The van der Waals surface area contributed by atoms with Crippen LogP contribution in [-0.4, -0.2) is 30.6 Å². The second kappa shape index (κ2) is 8.61. The third-order valence-electron chi connectivity index (χ3n) is 5.11. The number of aromatic nitrogens is 4. The lowest BCUT2D eigenvalue weighted by Crippen LogP contribution is -2.11. The molecular formula is C23H21F3N4O3. The number of carboxylic acid groups (broad SMARTS) is 1. The highest BCUT2D eigenvalue weighted by Gasteiger charge is 2.30. The van der Waals surface area contributed by atoms with E-state index in [-0.39, 0.29) is 19.1 Å². The third kappa shape index (κ3) is 4.69. The fourth-order valence-corrected chi connectivity index (χ4v) is 3.54. The summed E-state index contributed by atoms with van der Waals surface area (Å²) in [6.45, 7) is 3.60. The smallest absolute Gasteiger partial charge is 0.416 e. The van der Waals surface area contributed by atoms with Crippen LogP contribution in [0.2, 0.25) is 0 Å². The number of rotatable bonds is 7. The minimum Gasteiger partial charge on any atom is -0.480 e. The van der Waals surface area contributed by atoms with Gasteiger partial charge in [0.15, 0.2) is 5.88 Å². The topological polar surface area (TPSA) is 82.2 Å². The average Bonchev–Trinajstić information content (AvgIpc) is 3.33. The van der Waals surface area contributed by atoms with Crippen LogP contribution in [0.25, 0.3) is 16.6 Å². The molecule has 2 heterocycles. The molecular weight excluding hydrogens is 437 g/mol. The highest BCUT2D eigenvalue weighted by Crippen LogP contribution is 2.30. The zero-order valence-electron chi connectivity index (χ0n) is 17.9. The summed E-state index contributed by atoms with van der Waals surface area (Å²) in [5.74, 6) is -0.647. The van der Waals surface area contributed by atoms with Gasteiger partial charge < -0.3 is 14.4 Å². The fraction of sp³-hybridized carbons (Fsp3) is 0.261. The van der Waals surface area contributed by atoms with Crippen molar-refractivity contribution in [2.45, 2.75) is 39.1 Å². The molecule has 2 aromatic carbocycles. The summed E-state index contributed by atoms with van der Waals surface area (Å²) in [7, 11) is 0. The summed E-state index contributed by atoms with van der Waals surface area (Å²) in [6, 6.07) is 13.7. The molecule has 2 aromatic heterocycles. The molecule has 33 heavy (non-hydrogen) atoms. The lowest BCUT2D eigenvalue weighted by atomic mass is 10.1. The van der Waals surface area contributed by atoms with E-state index in [0.717, 1.165) is 23.0 Å². The zero-order valence-corrected chi connectivity index (χ0v) is 17.9. The van der Waals surface area contributed by atoms with Crippen molar-refractivity contribution in [1.82, 2.24) is 19.6 Å². The molecule has 0 aliphatic rings. The molecule has 0 bridgehead atoms. The Morgan fingerprint density at radius 2 is 1.79 bits per heavy atom. The van der Waals surface area contributed by atoms with Gasteiger partial charge in [-0.25, -0.2) is 0 Å². The molecule has 0 unspecified atom stereocenters. The van der Waals surface area contributed by atoms with Crippen molar-refractivity contribution in [3.63, 3.8) is 0 Å². The number of carboxylic acids is 1. The van der Waals surface area contributed by atoms with E-state index in [9.17, 15) is 23.1 Å². The van der Waals surface area contributed by atoms with Crippen LogP contribution in [0.4, 0.5) is 13.2 Å². The van der Waals surface area contributed by atoms with Crippen LogP contribution < -0.4 is 4.74 Å². The SMILES string of the molecule is CC(C)c1nn(-c2ccc(C(F)(F)F)cc2)nc1COc1cc2ccccc2n1CC(=O)O. The highest BCUT2D eigenvalue weighted by atomic mass is 19.4. The molecule has 0 amide bonds. The van der Waals surface area contributed by atoms with E-state index in [0.29, 0.717) is 23.0 Å². The minimum absolute atomic E-state index is 0.0170. The predicted octanol–water partition coefficient (Wildman–Crippen LogP) is 5.03. The summed E-state index contributed by atoms with van der Waals surface area (Å²) in [4.78, 5) is 12.6. The lowest BCUT2D eigenvalue weighted by Gasteiger charge is -2.10. The standard InChI is InChI=1S/C23H21F3N4O3/c1-14(2)22-18(27-30(28-22)17-9-7-16(8-10-17)23(24,25)26)13-33-20-11-15-5-3-4-6-19(15)29(20)12-21(31)32/h3-11,14H,12-13H2,1-2H3,(H,31,32). The second-order valence-electron chi connectivity index (χ2n) is 7.83. The molecule has 4 aromatic rings. The number of fused-ring (bicyclic) bond motifs is 1. The molecule has 0 radical (unpaired) electrons. The summed E-state index contributed by atoms with van der Waals surface area (Å²) in [6.07, 6.45) is -4.42. The van der Waals surface area contributed by atoms with Gasteiger partial charge in [0.1, 0.15) is 18.8 Å². The van der Waals surface area contributed by atoms with E-state index in [4.69, 9.17) is 4.74 Å². The van der Waals surface area contributed by atoms with Gasteiger partial charge in [-0.3, -0.25) is 4.79 Å². The molecule has 0 aliphatic heterocycles. The molecule has 0 saturated heterocycles. The van der Waals surface area contributed by atoms with Crippen LogP contribution in [0.5, 0.6) is 5.88 Å². The van der Waals surface area contributed by atoms with Crippen LogP contribution in [-0.2, 0) is 24.1 Å². The van der Waals surface area contributed by atoms with Crippen LogP contribution in [0.3, 0.4) is 0 Å². The van der Waals surface area contributed by atoms with Crippen LogP contribution >= 0.6 is 0 Å². The average molecular weight is 458 g/mol. The number of alkyl halides is 3. The van der Waals surface area contributed by atoms with Gasteiger partial charge >= 0.3 is 12.1 Å². The van der Waals surface area contributed by atoms with E-state index in [1.807, 2.05) is 38.1 Å². The normalized spacial score (nSPS) is 11.9. The molecule has 10 heteroatoms. The molecule has 7 nitrogen and oxygen atoms in total. The van der Waals surface area contributed by atoms with Crippen molar-refractivity contribution < 1.29 is 27.8 Å². The predicted molar refractivity (Wildman–Crippen MR) is 114 cm³/mol. The molecule has 0 atom stereocenters. The van der Waals surface area contributed by atoms with E-state index in [1.165, 1.54) is 16.9 Å². The van der Waals surface area contributed by atoms with Crippen molar-refractivity contribution in [2.75, 3.05) is 0 Å². The van der Waals surface area contributed by atoms with Gasteiger partial charge in [0.25, 0.3) is 0 Å². The van der Waals surface area contributed by atoms with Gasteiger partial charge in [0.2, 0.25) is 0 Å². The van der Waals surface area contributed by atoms with Crippen LogP contribution in [0.15, 0.2) is 54.6 Å². The van der Waals surface area contributed by atoms with Gasteiger partial charge in [-0.15, -0.1) is 5.10 Å². The molecule has 172 valence electrons. The van der Waals surface area contributed by atoms with E-state index in [2.05, 4.69) is 10.2 Å². The Bertz CT molecular complexity index is 1290. The van der Waals surface area contributed by atoms with Crippen molar-refractivity contribution in [1.29, 1.82) is 0 Å². The van der Waals surface area contributed by atoms with Gasteiger partial charge in [0.05, 0.1) is 22.5 Å². The number of para-hydroxylation sites is 1. The Kier molecular flexibility index (Phi) is 5.84. The maximum atomic E-state index is 12.9. The Morgan fingerprint density at radius 3 is 2.42 bits per heavy atom. The highest BCUT2D eigenvalue weighted by molar-refractivity contribution is 5.84. The van der Waals surface area contributed by atoms with Crippen LogP contribution in [0, 0.1) is 0 Å². The lowest BCUT2D eigenvalue weighted by molar-refractivity contribution is -0.138. The van der Waals surface area contributed by atoms with Crippen molar-refractivity contribution >= 4 is 16.9 Å². The molecule has 0 spiro atoms. The third-order valence-corrected chi connectivity index (χ3v) is 5.11. The Morgan fingerprint density at radius 1 is 1.09 bits per heavy atom. The maximum absolute atomic E-state index is 12.9. The molecule has 0 aliphatic carbocycles. The number of hydrogen-bond donors (Lipinski definition) is 1. The Labute approximate surface area is 187 Å². The van der Waals surface area contributed by atoms with E-state index in [1.54, 1.807) is 10.6 Å².